The highest BCUT2D eigenvalue weighted by Crippen LogP contribution is 2.32. The molecule has 136 valence electrons. The molecule has 0 saturated carbocycles. The minimum atomic E-state index is -0.460. The third kappa shape index (κ3) is 3.80. The summed E-state index contributed by atoms with van der Waals surface area (Å²) in [6.45, 7) is 0.126. The molecule has 0 aliphatic carbocycles. The Bertz CT molecular complexity index is 836. The van der Waals surface area contributed by atoms with Gasteiger partial charge in [0.15, 0.2) is 11.5 Å². The molecule has 1 aliphatic rings. The number of hydrogen-bond acceptors (Lipinski definition) is 6. The van der Waals surface area contributed by atoms with Crippen LogP contribution < -0.4 is 29.8 Å². The molecule has 2 N–H and O–H groups in total. The molecule has 1 aliphatic heterocycles. The number of benzene rings is 2. The molecule has 8 heteroatoms. The number of rotatable bonds is 5. The summed E-state index contributed by atoms with van der Waals surface area (Å²) in [5.41, 5.74) is 5.76. The minimum Gasteiger partial charge on any atom is -0.497 e. The fourth-order valence-electron chi connectivity index (χ4n) is 2.45. The van der Waals surface area contributed by atoms with Crippen LogP contribution in [0.1, 0.15) is 15.9 Å². The largest absolute Gasteiger partial charge is 0.497 e. The van der Waals surface area contributed by atoms with Crippen molar-refractivity contribution < 1.29 is 28.5 Å². The van der Waals surface area contributed by atoms with E-state index in [1.807, 2.05) is 0 Å². The van der Waals surface area contributed by atoms with Crippen molar-refractivity contribution in [3.05, 3.63) is 47.5 Å². The number of amides is 2. The van der Waals surface area contributed by atoms with Gasteiger partial charge in [-0.2, -0.15) is 0 Å². The molecular formula is C18H18N2O6. The number of hydrazine groups is 1. The smallest absolute Gasteiger partial charge is 0.269 e. The van der Waals surface area contributed by atoms with Crippen molar-refractivity contribution in [2.24, 2.45) is 0 Å². The van der Waals surface area contributed by atoms with Crippen LogP contribution in [0.3, 0.4) is 0 Å². The maximum Gasteiger partial charge on any atom is 0.269 e. The summed E-state index contributed by atoms with van der Waals surface area (Å²) in [5.74, 6) is 1.38. The molecule has 2 aromatic rings. The van der Waals surface area contributed by atoms with Gasteiger partial charge in [-0.05, 0) is 24.3 Å². The van der Waals surface area contributed by atoms with Crippen molar-refractivity contribution in [2.75, 3.05) is 21.0 Å². The van der Waals surface area contributed by atoms with Gasteiger partial charge in [0, 0.05) is 17.2 Å². The van der Waals surface area contributed by atoms with Gasteiger partial charge >= 0.3 is 0 Å². The van der Waals surface area contributed by atoms with Crippen molar-refractivity contribution in [2.45, 2.75) is 6.42 Å². The second-order valence-corrected chi connectivity index (χ2v) is 5.42. The number of ether oxygens (including phenoxy) is 4. The van der Waals surface area contributed by atoms with Crippen LogP contribution in [-0.4, -0.2) is 32.8 Å². The Kier molecular flexibility index (Phi) is 5.12. The molecule has 0 unspecified atom stereocenters. The normalized spacial score (nSPS) is 11.6. The lowest BCUT2D eigenvalue weighted by Gasteiger charge is -2.11. The summed E-state index contributed by atoms with van der Waals surface area (Å²) < 4.78 is 20.8. The molecule has 26 heavy (non-hydrogen) atoms. The summed E-state index contributed by atoms with van der Waals surface area (Å²) in [5, 5.41) is 0. The van der Waals surface area contributed by atoms with Crippen molar-refractivity contribution in [1.82, 2.24) is 10.9 Å². The number of methoxy groups -OCH3 is 2. The standard InChI is InChI=1S/C18H18N2O6/c1-23-13-5-3-11(15(9-13)24-2)8-17(21)19-20-18(22)12-4-6-14-16(7-12)26-10-25-14/h3-7,9H,8,10H2,1-2H3,(H,19,21)(H,20,22). The third-order valence-electron chi connectivity index (χ3n) is 3.80. The van der Waals surface area contributed by atoms with Crippen molar-refractivity contribution in [1.29, 1.82) is 0 Å². The summed E-state index contributed by atoms with van der Waals surface area (Å²) in [6, 6.07) is 9.93. The molecule has 0 saturated heterocycles. The fraction of sp³-hybridized carbons (Fsp3) is 0.222. The van der Waals surface area contributed by atoms with E-state index in [9.17, 15) is 9.59 Å². The molecule has 0 spiro atoms. The second kappa shape index (κ2) is 7.64. The topological polar surface area (TPSA) is 95.1 Å². The maximum atomic E-state index is 12.1. The van der Waals surface area contributed by atoms with E-state index < -0.39 is 5.91 Å². The molecular weight excluding hydrogens is 340 g/mol. The first-order valence-electron chi connectivity index (χ1n) is 7.80. The van der Waals surface area contributed by atoms with Crippen molar-refractivity contribution in [3.63, 3.8) is 0 Å². The Morgan fingerprint density at radius 2 is 1.81 bits per heavy atom. The Labute approximate surface area is 150 Å². The Morgan fingerprint density at radius 3 is 2.58 bits per heavy atom. The molecule has 0 aromatic heterocycles. The Hall–Kier alpha value is -3.42. The first-order valence-corrected chi connectivity index (χ1v) is 7.80. The van der Waals surface area contributed by atoms with Gasteiger partial charge in [-0.1, -0.05) is 6.07 Å². The number of hydrogen-bond donors (Lipinski definition) is 2. The summed E-state index contributed by atoms with van der Waals surface area (Å²) >= 11 is 0. The maximum absolute atomic E-state index is 12.1. The highest BCUT2D eigenvalue weighted by molar-refractivity contribution is 5.96. The van der Waals surface area contributed by atoms with Crippen molar-refractivity contribution in [3.8, 4) is 23.0 Å². The van der Waals surface area contributed by atoms with E-state index in [1.54, 1.807) is 43.5 Å². The molecule has 8 nitrogen and oxygen atoms in total. The third-order valence-corrected chi connectivity index (χ3v) is 3.80. The van der Waals surface area contributed by atoms with E-state index >= 15 is 0 Å². The number of nitrogens with one attached hydrogen (secondary N) is 2. The Morgan fingerprint density at radius 1 is 1.00 bits per heavy atom. The van der Waals surface area contributed by atoms with Crippen LogP contribution in [0.5, 0.6) is 23.0 Å². The average Bonchev–Trinajstić information content (AvgIpc) is 3.14. The molecule has 2 amide bonds. The van der Waals surface area contributed by atoms with Gasteiger partial charge in [0.25, 0.3) is 5.91 Å². The molecule has 3 rings (SSSR count). The van der Waals surface area contributed by atoms with Gasteiger partial charge in [-0.15, -0.1) is 0 Å². The molecule has 0 fully saturated rings. The fourth-order valence-corrected chi connectivity index (χ4v) is 2.45. The van der Waals surface area contributed by atoms with E-state index in [-0.39, 0.29) is 19.1 Å². The van der Waals surface area contributed by atoms with Gasteiger partial charge in [0.1, 0.15) is 11.5 Å². The highest BCUT2D eigenvalue weighted by Gasteiger charge is 2.17. The molecule has 0 bridgehead atoms. The van der Waals surface area contributed by atoms with Crippen LogP contribution in [-0.2, 0) is 11.2 Å². The van der Waals surface area contributed by atoms with E-state index in [4.69, 9.17) is 18.9 Å². The number of carbonyl (C=O) groups is 2. The van der Waals surface area contributed by atoms with Crippen LogP contribution in [0.2, 0.25) is 0 Å². The van der Waals surface area contributed by atoms with Crippen LogP contribution in [0, 0.1) is 0 Å². The van der Waals surface area contributed by atoms with E-state index in [1.165, 1.54) is 7.11 Å². The summed E-state index contributed by atoms with van der Waals surface area (Å²) in [7, 11) is 3.06. The average molecular weight is 358 g/mol. The van der Waals surface area contributed by atoms with Crippen LogP contribution >= 0.6 is 0 Å². The molecule has 0 atom stereocenters. The Balaban J connectivity index is 1.58. The SMILES string of the molecule is COc1ccc(CC(=O)NNC(=O)c2ccc3c(c2)OCO3)c(OC)c1. The second-order valence-electron chi connectivity index (χ2n) is 5.42. The van der Waals surface area contributed by atoms with Crippen molar-refractivity contribution >= 4 is 11.8 Å². The van der Waals surface area contributed by atoms with Crippen LogP contribution in [0.15, 0.2) is 36.4 Å². The first-order chi connectivity index (χ1) is 12.6. The number of fused-ring (bicyclic) bond motifs is 1. The lowest BCUT2D eigenvalue weighted by molar-refractivity contribution is -0.121. The zero-order valence-electron chi connectivity index (χ0n) is 14.3. The summed E-state index contributed by atoms with van der Waals surface area (Å²) in [6.07, 6.45) is 0.0363. The van der Waals surface area contributed by atoms with Gasteiger partial charge in [-0.3, -0.25) is 20.4 Å². The molecule has 1 heterocycles. The quantitative estimate of drug-likeness (QED) is 0.786. The van der Waals surface area contributed by atoms with Gasteiger partial charge in [-0.25, -0.2) is 0 Å². The zero-order valence-corrected chi connectivity index (χ0v) is 14.3. The van der Waals surface area contributed by atoms with Crippen LogP contribution in [0.4, 0.5) is 0 Å². The molecule has 2 aromatic carbocycles. The summed E-state index contributed by atoms with van der Waals surface area (Å²) in [4.78, 5) is 24.2. The number of carbonyl (C=O) groups excluding carboxylic acids is 2. The minimum absolute atomic E-state index is 0.0363. The highest BCUT2D eigenvalue weighted by atomic mass is 16.7. The lowest BCUT2D eigenvalue weighted by Crippen LogP contribution is -2.42. The van der Waals surface area contributed by atoms with Gasteiger partial charge in [0.2, 0.25) is 12.7 Å². The van der Waals surface area contributed by atoms with Crippen LogP contribution in [0.25, 0.3) is 0 Å². The predicted molar refractivity (Wildman–Crippen MR) is 91.4 cm³/mol. The first kappa shape index (κ1) is 17.4. The van der Waals surface area contributed by atoms with E-state index in [2.05, 4.69) is 10.9 Å². The van der Waals surface area contributed by atoms with Gasteiger partial charge < -0.3 is 18.9 Å². The van der Waals surface area contributed by atoms with E-state index in [0.29, 0.717) is 34.1 Å². The van der Waals surface area contributed by atoms with E-state index in [0.717, 1.165) is 0 Å². The monoisotopic (exact) mass is 358 g/mol. The van der Waals surface area contributed by atoms with Gasteiger partial charge in [0.05, 0.1) is 20.6 Å². The predicted octanol–water partition coefficient (Wildman–Crippen LogP) is 1.44. The lowest BCUT2D eigenvalue weighted by atomic mass is 10.1. The zero-order chi connectivity index (χ0) is 18.5. The molecule has 0 radical (unpaired) electrons.